The molecule has 0 bridgehead atoms. The number of esters is 2. The zero-order chi connectivity index (χ0) is 22.7. The summed E-state index contributed by atoms with van der Waals surface area (Å²) >= 11 is 0. The van der Waals surface area contributed by atoms with Gasteiger partial charge in [0, 0.05) is 38.0 Å². The van der Waals surface area contributed by atoms with Gasteiger partial charge in [-0.3, -0.25) is 14.4 Å². The van der Waals surface area contributed by atoms with E-state index in [0.717, 1.165) is 38.5 Å². The highest BCUT2D eigenvalue weighted by atomic mass is 16.5. The van der Waals surface area contributed by atoms with E-state index in [2.05, 4.69) is 20.8 Å². The van der Waals surface area contributed by atoms with Crippen LogP contribution in [0.25, 0.3) is 0 Å². The van der Waals surface area contributed by atoms with E-state index in [4.69, 9.17) is 9.47 Å². The van der Waals surface area contributed by atoms with Crippen molar-refractivity contribution in [3.05, 3.63) is 0 Å². The molecule has 0 aromatic carbocycles. The van der Waals surface area contributed by atoms with Crippen molar-refractivity contribution in [3.8, 4) is 0 Å². The van der Waals surface area contributed by atoms with Crippen LogP contribution >= 0.6 is 0 Å². The largest absolute Gasteiger partial charge is 0.463 e. The van der Waals surface area contributed by atoms with Crippen LogP contribution in [0.5, 0.6) is 0 Å². The Hall–Kier alpha value is -1.39. The van der Waals surface area contributed by atoms with Crippen molar-refractivity contribution in [2.45, 2.75) is 98.7 Å². The first-order chi connectivity index (χ1) is 14.5. The minimum Gasteiger partial charge on any atom is -0.463 e. The highest BCUT2D eigenvalue weighted by Gasteiger charge is 2.65. The molecule has 0 amide bonds. The second kappa shape index (κ2) is 7.88. The number of ketones is 1. The topological polar surface area (TPSA) is 69.7 Å². The Morgan fingerprint density at radius 2 is 1.77 bits per heavy atom. The Bertz CT molecular complexity index is 761. The molecule has 0 aromatic rings. The van der Waals surface area contributed by atoms with Gasteiger partial charge in [0.25, 0.3) is 0 Å². The number of Topliss-reactive ketones (excluding diaryl/α,β-unsaturated/α-hetero) is 1. The summed E-state index contributed by atoms with van der Waals surface area (Å²) in [7, 11) is 0. The third-order valence-electron chi connectivity index (χ3n) is 10.3. The first-order valence-electron chi connectivity index (χ1n) is 12.3. The van der Waals surface area contributed by atoms with E-state index < -0.39 is 0 Å². The van der Waals surface area contributed by atoms with Crippen LogP contribution < -0.4 is 0 Å². The fourth-order valence-corrected chi connectivity index (χ4v) is 8.82. The number of rotatable bonds is 3. The molecule has 0 unspecified atom stereocenters. The van der Waals surface area contributed by atoms with Crippen LogP contribution in [0.1, 0.15) is 86.5 Å². The third kappa shape index (κ3) is 3.54. The number of fused-ring (bicyclic) bond motifs is 5. The fraction of sp³-hybridized carbons (Fsp3) is 0.885. The van der Waals surface area contributed by atoms with Crippen molar-refractivity contribution in [1.29, 1.82) is 0 Å². The normalized spacial score (nSPS) is 47.5. The molecule has 4 rings (SSSR count). The van der Waals surface area contributed by atoms with Crippen molar-refractivity contribution < 1.29 is 23.9 Å². The second-order valence-electron chi connectivity index (χ2n) is 11.6. The highest BCUT2D eigenvalue weighted by Crippen LogP contribution is 2.68. The van der Waals surface area contributed by atoms with Crippen LogP contribution in [0, 0.1) is 46.3 Å². The lowest BCUT2D eigenvalue weighted by molar-refractivity contribution is -0.172. The van der Waals surface area contributed by atoms with Gasteiger partial charge in [0.15, 0.2) is 0 Å². The zero-order valence-corrected chi connectivity index (χ0v) is 20.1. The minimum absolute atomic E-state index is 0.0805. The molecule has 31 heavy (non-hydrogen) atoms. The highest BCUT2D eigenvalue weighted by molar-refractivity contribution is 5.80. The van der Waals surface area contributed by atoms with Gasteiger partial charge in [-0.25, -0.2) is 0 Å². The molecule has 0 heterocycles. The second-order valence-corrected chi connectivity index (χ2v) is 11.6. The van der Waals surface area contributed by atoms with E-state index in [1.807, 2.05) is 6.92 Å². The molecular weight excluding hydrogens is 392 g/mol. The Kier molecular flexibility index (Phi) is 5.79. The summed E-state index contributed by atoms with van der Waals surface area (Å²) in [6, 6.07) is 0. The molecule has 10 atom stereocenters. The van der Waals surface area contributed by atoms with Crippen LogP contribution in [0.15, 0.2) is 0 Å². The molecule has 4 aliphatic rings. The maximum absolute atomic E-state index is 12.4. The molecule has 0 aliphatic heterocycles. The molecule has 4 saturated carbocycles. The van der Waals surface area contributed by atoms with E-state index in [1.54, 1.807) is 0 Å². The van der Waals surface area contributed by atoms with Crippen molar-refractivity contribution in [1.82, 2.24) is 0 Å². The summed E-state index contributed by atoms with van der Waals surface area (Å²) in [5.74, 6) is 2.55. The molecule has 4 aliphatic carbocycles. The number of hydrogen-bond acceptors (Lipinski definition) is 5. The molecule has 5 heteroatoms. The lowest BCUT2D eigenvalue weighted by atomic mass is 9.42. The van der Waals surface area contributed by atoms with Crippen molar-refractivity contribution in [2.24, 2.45) is 46.3 Å². The maximum Gasteiger partial charge on any atom is 0.302 e. The lowest BCUT2D eigenvalue weighted by Crippen LogP contribution is -2.58. The van der Waals surface area contributed by atoms with Gasteiger partial charge in [-0.1, -0.05) is 20.8 Å². The van der Waals surface area contributed by atoms with E-state index in [1.165, 1.54) is 13.8 Å². The minimum atomic E-state index is -0.243. The van der Waals surface area contributed by atoms with Gasteiger partial charge in [-0.15, -0.1) is 0 Å². The van der Waals surface area contributed by atoms with Crippen LogP contribution in [0.2, 0.25) is 0 Å². The number of hydrogen-bond donors (Lipinski definition) is 0. The fourth-order valence-electron chi connectivity index (χ4n) is 8.82. The zero-order valence-electron chi connectivity index (χ0n) is 20.1. The molecule has 5 nitrogen and oxygen atoms in total. The van der Waals surface area contributed by atoms with Gasteiger partial charge in [-0.2, -0.15) is 0 Å². The van der Waals surface area contributed by atoms with Gasteiger partial charge < -0.3 is 9.47 Å². The van der Waals surface area contributed by atoms with Crippen LogP contribution in [0.3, 0.4) is 0 Å². The van der Waals surface area contributed by atoms with Gasteiger partial charge in [0.05, 0.1) is 0 Å². The summed E-state index contributed by atoms with van der Waals surface area (Å²) in [4.78, 5) is 36.0. The molecule has 0 aromatic heterocycles. The summed E-state index contributed by atoms with van der Waals surface area (Å²) in [6.45, 7) is 12.0. The van der Waals surface area contributed by atoms with E-state index in [0.29, 0.717) is 41.8 Å². The third-order valence-corrected chi connectivity index (χ3v) is 10.3. The van der Waals surface area contributed by atoms with Crippen LogP contribution in [-0.4, -0.2) is 29.9 Å². The molecule has 0 saturated heterocycles. The number of carbonyl (C=O) groups is 3. The van der Waals surface area contributed by atoms with Gasteiger partial charge in [-0.05, 0) is 74.0 Å². The molecular formula is C26H40O5. The summed E-state index contributed by atoms with van der Waals surface area (Å²) in [5, 5.41) is 0. The summed E-state index contributed by atoms with van der Waals surface area (Å²) in [5.41, 5.74) is 0.107. The Morgan fingerprint density at radius 3 is 2.42 bits per heavy atom. The smallest absolute Gasteiger partial charge is 0.302 e. The van der Waals surface area contributed by atoms with E-state index in [-0.39, 0.29) is 40.9 Å². The van der Waals surface area contributed by atoms with Crippen molar-refractivity contribution in [2.75, 3.05) is 0 Å². The quantitative estimate of drug-likeness (QED) is 0.590. The summed E-state index contributed by atoms with van der Waals surface area (Å²) < 4.78 is 11.6. The van der Waals surface area contributed by atoms with E-state index in [9.17, 15) is 14.4 Å². The molecule has 0 radical (unpaired) electrons. The lowest BCUT2D eigenvalue weighted by Gasteiger charge is -2.62. The standard InChI is InChI=1S/C26H40O5/c1-14-11-19(29)12-18-7-8-20-22(26(14,18)6)9-10-25(5)23(31-17(4)28)13-21(24(20)25)15(2)30-16(3)27/h14-15,18,20-24H,7-13H2,1-6H3/t14-,15-,18-,20+,21-,22-,23-,24+,25+,26-/m0/s1. The van der Waals surface area contributed by atoms with Gasteiger partial charge in [0.2, 0.25) is 0 Å². The Labute approximate surface area is 187 Å². The van der Waals surface area contributed by atoms with Crippen LogP contribution in [0.4, 0.5) is 0 Å². The van der Waals surface area contributed by atoms with Crippen molar-refractivity contribution in [3.63, 3.8) is 0 Å². The molecule has 0 spiro atoms. The SMILES string of the molecule is CC(=O)O[C@@H](C)[C@@H]1C[C@H](OC(C)=O)[C@@]2(C)CC[C@H]3[C@@H](CC[C@H]4CC(=O)C[C@H](C)[C@@]43C)[C@H]12. The first-order valence-corrected chi connectivity index (χ1v) is 12.3. The molecule has 4 fully saturated rings. The number of ether oxygens (including phenoxy) is 2. The summed E-state index contributed by atoms with van der Waals surface area (Å²) in [6.07, 6.45) is 6.32. The monoisotopic (exact) mass is 432 g/mol. The van der Waals surface area contributed by atoms with Gasteiger partial charge in [0.1, 0.15) is 18.0 Å². The Balaban J connectivity index is 1.70. The van der Waals surface area contributed by atoms with Gasteiger partial charge >= 0.3 is 11.9 Å². The number of carbonyl (C=O) groups excluding carboxylic acids is 3. The first kappa shape index (κ1) is 22.8. The average molecular weight is 433 g/mol. The maximum atomic E-state index is 12.4. The molecule has 0 N–H and O–H groups in total. The van der Waals surface area contributed by atoms with Crippen molar-refractivity contribution >= 4 is 17.7 Å². The average Bonchev–Trinajstić information content (AvgIpc) is 2.95. The molecule has 174 valence electrons. The Morgan fingerprint density at radius 1 is 1.06 bits per heavy atom. The predicted molar refractivity (Wildman–Crippen MR) is 117 cm³/mol. The van der Waals surface area contributed by atoms with E-state index >= 15 is 0 Å². The van der Waals surface area contributed by atoms with Crippen LogP contribution in [-0.2, 0) is 23.9 Å². The predicted octanol–water partition coefficient (Wildman–Crippen LogP) is 4.95.